The van der Waals surface area contributed by atoms with E-state index in [0.717, 1.165) is 73.5 Å². The summed E-state index contributed by atoms with van der Waals surface area (Å²) in [5.74, 6) is 1.000. The first-order valence-electron chi connectivity index (χ1n) is 13.0. The standard InChI is InChI=1S/C28H38ClN5O3/c1-28(2,3)37-27(35)22-18-31-24-17-23(29)20(16-21(22)24)19-8-9-25(32-26(19)36-4)34-14-12-33(13-15-34)11-7-5-6-10-30/h8-9,16-18,31H,5-7,10-15,30H2,1-4H3. The van der Waals surface area contributed by atoms with E-state index in [4.69, 9.17) is 31.8 Å². The number of aromatic nitrogens is 2. The van der Waals surface area contributed by atoms with Crippen molar-refractivity contribution < 1.29 is 14.3 Å². The lowest BCUT2D eigenvalue weighted by Crippen LogP contribution is -2.46. The van der Waals surface area contributed by atoms with Gasteiger partial charge in [0.15, 0.2) is 0 Å². The molecule has 200 valence electrons. The molecule has 8 nitrogen and oxygen atoms in total. The Kier molecular flexibility index (Phi) is 8.62. The average Bonchev–Trinajstić information content (AvgIpc) is 3.28. The second-order valence-electron chi connectivity index (χ2n) is 10.5. The summed E-state index contributed by atoms with van der Waals surface area (Å²) < 4.78 is 11.3. The number of hydrogen-bond acceptors (Lipinski definition) is 7. The van der Waals surface area contributed by atoms with Crippen molar-refractivity contribution in [3.63, 3.8) is 0 Å². The summed E-state index contributed by atoms with van der Waals surface area (Å²) in [6.45, 7) is 11.3. The van der Waals surface area contributed by atoms with Gasteiger partial charge < -0.3 is 25.1 Å². The number of piperazine rings is 1. The largest absolute Gasteiger partial charge is 0.480 e. The number of esters is 1. The first-order valence-corrected chi connectivity index (χ1v) is 13.3. The zero-order chi connectivity index (χ0) is 26.6. The van der Waals surface area contributed by atoms with E-state index < -0.39 is 5.60 Å². The van der Waals surface area contributed by atoms with Crippen LogP contribution in [0.5, 0.6) is 5.88 Å². The highest BCUT2D eigenvalue weighted by Gasteiger charge is 2.23. The Labute approximate surface area is 224 Å². The van der Waals surface area contributed by atoms with Gasteiger partial charge in [-0.1, -0.05) is 18.0 Å². The molecule has 0 amide bonds. The topological polar surface area (TPSA) is 96.7 Å². The summed E-state index contributed by atoms with van der Waals surface area (Å²) >= 11 is 6.69. The number of methoxy groups -OCH3 is 1. The third kappa shape index (κ3) is 6.55. The molecule has 0 radical (unpaired) electrons. The second kappa shape index (κ2) is 11.7. The van der Waals surface area contributed by atoms with E-state index in [2.05, 4.69) is 14.8 Å². The molecule has 1 aromatic carbocycles. The number of aromatic amines is 1. The van der Waals surface area contributed by atoms with Crippen LogP contribution in [0.3, 0.4) is 0 Å². The minimum absolute atomic E-state index is 0.383. The van der Waals surface area contributed by atoms with Crippen LogP contribution >= 0.6 is 11.6 Å². The van der Waals surface area contributed by atoms with Crippen molar-refractivity contribution in [2.75, 3.05) is 51.3 Å². The summed E-state index contributed by atoms with van der Waals surface area (Å²) in [5, 5.41) is 1.28. The highest BCUT2D eigenvalue weighted by molar-refractivity contribution is 6.34. The number of carbonyl (C=O) groups excluding carboxylic acids is 1. The van der Waals surface area contributed by atoms with Gasteiger partial charge in [0.2, 0.25) is 5.88 Å². The molecular weight excluding hydrogens is 490 g/mol. The summed E-state index contributed by atoms with van der Waals surface area (Å²) in [6, 6.07) is 7.73. The Balaban J connectivity index is 1.54. The van der Waals surface area contributed by atoms with E-state index in [-0.39, 0.29) is 5.97 Å². The minimum atomic E-state index is -0.588. The second-order valence-corrected chi connectivity index (χ2v) is 10.9. The minimum Gasteiger partial charge on any atom is -0.480 e. The SMILES string of the molecule is COc1nc(N2CCN(CCCCCN)CC2)ccc1-c1cc2c(C(=O)OC(C)(C)C)c[nH]c2cc1Cl. The zero-order valence-electron chi connectivity index (χ0n) is 22.3. The van der Waals surface area contributed by atoms with Crippen molar-refractivity contribution >= 4 is 34.3 Å². The van der Waals surface area contributed by atoms with Gasteiger partial charge in [-0.25, -0.2) is 4.79 Å². The normalized spacial score (nSPS) is 14.8. The molecule has 0 bridgehead atoms. The number of nitrogens with zero attached hydrogens (tertiary/aromatic N) is 3. The molecule has 0 saturated carbocycles. The number of carbonyl (C=O) groups is 1. The number of anilines is 1. The van der Waals surface area contributed by atoms with Gasteiger partial charge in [-0.05, 0) is 71.0 Å². The lowest BCUT2D eigenvalue weighted by Gasteiger charge is -2.35. The summed E-state index contributed by atoms with van der Waals surface area (Å²) in [5.41, 5.74) is 7.76. The third-order valence-electron chi connectivity index (χ3n) is 6.59. The maximum atomic E-state index is 12.8. The number of hydrogen-bond donors (Lipinski definition) is 2. The Morgan fingerprint density at radius 1 is 1.11 bits per heavy atom. The van der Waals surface area contributed by atoms with Crippen LogP contribution in [-0.2, 0) is 4.74 Å². The highest BCUT2D eigenvalue weighted by atomic mass is 35.5. The highest BCUT2D eigenvalue weighted by Crippen LogP contribution is 2.38. The molecule has 1 fully saturated rings. The van der Waals surface area contributed by atoms with E-state index in [0.29, 0.717) is 16.5 Å². The lowest BCUT2D eigenvalue weighted by molar-refractivity contribution is 0.00719. The molecule has 0 aliphatic carbocycles. The predicted molar refractivity (Wildman–Crippen MR) is 150 cm³/mol. The quantitative estimate of drug-likeness (QED) is 0.295. The number of halogens is 1. The number of ether oxygens (including phenoxy) is 2. The lowest BCUT2D eigenvalue weighted by atomic mass is 10.0. The predicted octanol–water partition coefficient (Wildman–Crippen LogP) is 5.10. The molecule has 2 aromatic heterocycles. The number of nitrogens with one attached hydrogen (secondary N) is 1. The van der Waals surface area contributed by atoms with E-state index >= 15 is 0 Å². The van der Waals surface area contributed by atoms with Gasteiger partial charge in [0.05, 0.1) is 17.7 Å². The summed E-state index contributed by atoms with van der Waals surface area (Å²) in [4.78, 5) is 25.6. The molecule has 0 unspecified atom stereocenters. The van der Waals surface area contributed by atoms with Crippen LogP contribution in [0.2, 0.25) is 5.02 Å². The number of unbranched alkanes of at least 4 members (excludes halogenated alkanes) is 2. The van der Waals surface area contributed by atoms with Crippen LogP contribution in [-0.4, -0.2) is 72.8 Å². The van der Waals surface area contributed by atoms with Crippen LogP contribution in [0.1, 0.15) is 50.4 Å². The fraction of sp³-hybridized carbons (Fsp3) is 0.500. The molecule has 9 heteroatoms. The van der Waals surface area contributed by atoms with Crippen LogP contribution < -0.4 is 15.4 Å². The van der Waals surface area contributed by atoms with Crippen molar-refractivity contribution in [2.45, 2.75) is 45.6 Å². The van der Waals surface area contributed by atoms with E-state index in [1.165, 1.54) is 12.8 Å². The van der Waals surface area contributed by atoms with Gasteiger partial charge in [0.1, 0.15) is 11.4 Å². The number of pyridine rings is 1. The maximum absolute atomic E-state index is 12.8. The number of rotatable bonds is 9. The Morgan fingerprint density at radius 3 is 2.54 bits per heavy atom. The Bertz CT molecular complexity index is 1230. The van der Waals surface area contributed by atoms with E-state index in [1.807, 2.05) is 45.0 Å². The van der Waals surface area contributed by atoms with Crippen molar-refractivity contribution in [2.24, 2.45) is 5.73 Å². The summed E-state index contributed by atoms with van der Waals surface area (Å²) in [6.07, 6.45) is 5.14. The Morgan fingerprint density at radius 2 is 1.86 bits per heavy atom. The maximum Gasteiger partial charge on any atom is 0.340 e. The molecule has 1 saturated heterocycles. The molecule has 1 aliphatic heterocycles. The number of nitrogens with two attached hydrogens (primary N) is 1. The van der Waals surface area contributed by atoms with Gasteiger partial charge in [0.25, 0.3) is 0 Å². The molecule has 3 aromatic rings. The molecule has 0 atom stereocenters. The first kappa shape index (κ1) is 27.2. The average molecular weight is 528 g/mol. The van der Waals surface area contributed by atoms with Crippen LogP contribution in [0.15, 0.2) is 30.5 Å². The number of fused-ring (bicyclic) bond motifs is 1. The van der Waals surface area contributed by atoms with Gasteiger partial charge >= 0.3 is 5.97 Å². The monoisotopic (exact) mass is 527 g/mol. The summed E-state index contributed by atoms with van der Waals surface area (Å²) in [7, 11) is 1.61. The van der Waals surface area contributed by atoms with Crippen LogP contribution in [0, 0.1) is 0 Å². The molecule has 3 heterocycles. The molecule has 37 heavy (non-hydrogen) atoms. The molecule has 1 aliphatic rings. The molecule has 4 rings (SSSR count). The van der Waals surface area contributed by atoms with Gasteiger partial charge in [-0.3, -0.25) is 4.90 Å². The van der Waals surface area contributed by atoms with Gasteiger partial charge in [0, 0.05) is 54.4 Å². The molecule has 3 N–H and O–H groups in total. The van der Waals surface area contributed by atoms with E-state index in [9.17, 15) is 4.79 Å². The van der Waals surface area contributed by atoms with Crippen molar-refractivity contribution in [3.05, 3.63) is 41.0 Å². The fourth-order valence-corrected chi connectivity index (χ4v) is 4.94. The molecule has 0 spiro atoms. The fourth-order valence-electron chi connectivity index (χ4n) is 4.68. The zero-order valence-corrected chi connectivity index (χ0v) is 23.0. The van der Waals surface area contributed by atoms with Crippen molar-refractivity contribution in [3.8, 4) is 17.0 Å². The van der Waals surface area contributed by atoms with Crippen molar-refractivity contribution in [1.82, 2.24) is 14.9 Å². The van der Waals surface area contributed by atoms with Crippen molar-refractivity contribution in [1.29, 1.82) is 0 Å². The number of H-pyrrole nitrogens is 1. The van der Waals surface area contributed by atoms with Gasteiger partial charge in [-0.15, -0.1) is 0 Å². The third-order valence-corrected chi connectivity index (χ3v) is 6.90. The smallest absolute Gasteiger partial charge is 0.340 e. The van der Waals surface area contributed by atoms with E-state index in [1.54, 1.807) is 13.3 Å². The first-order chi connectivity index (χ1) is 17.7. The van der Waals surface area contributed by atoms with Crippen LogP contribution in [0.25, 0.3) is 22.0 Å². The Hall–Kier alpha value is -2.81. The van der Waals surface area contributed by atoms with Gasteiger partial charge in [-0.2, -0.15) is 4.98 Å². The number of benzene rings is 1. The molecular formula is C28H38ClN5O3. The van der Waals surface area contributed by atoms with Crippen LogP contribution in [0.4, 0.5) is 5.82 Å².